The number of hydrogen-bond donors (Lipinski definition) is 1. The molecule has 0 fully saturated rings. The lowest BCUT2D eigenvalue weighted by Gasteiger charge is -2.32. The van der Waals surface area contributed by atoms with Crippen LogP contribution in [-0.4, -0.2) is 29.3 Å². The van der Waals surface area contributed by atoms with Gasteiger partial charge in [0.15, 0.2) is 0 Å². The van der Waals surface area contributed by atoms with Crippen LogP contribution in [-0.2, 0) is 29.0 Å². The number of benzene rings is 3. The molecule has 0 aliphatic rings. The molecule has 1 unspecified atom stereocenters. The average Bonchev–Trinajstić information content (AvgIpc) is 2.82. The predicted octanol–water partition coefficient (Wildman–Crippen LogP) is 5.30. The molecular formula is C27H28BrFN2O2. The van der Waals surface area contributed by atoms with Crippen molar-refractivity contribution in [3.8, 4) is 0 Å². The first-order chi connectivity index (χ1) is 16.0. The van der Waals surface area contributed by atoms with Crippen LogP contribution in [0.3, 0.4) is 0 Å². The van der Waals surface area contributed by atoms with Crippen molar-refractivity contribution in [3.05, 3.63) is 106 Å². The minimum absolute atomic E-state index is 0.118. The van der Waals surface area contributed by atoms with Crippen LogP contribution in [0.15, 0.2) is 83.3 Å². The summed E-state index contributed by atoms with van der Waals surface area (Å²) in [5, 5.41) is 2.94. The summed E-state index contributed by atoms with van der Waals surface area (Å²) in [5.41, 5.74) is 2.15. The number of amides is 2. The zero-order valence-electron chi connectivity index (χ0n) is 18.6. The molecule has 33 heavy (non-hydrogen) atoms. The van der Waals surface area contributed by atoms with Crippen LogP contribution in [0.4, 0.5) is 4.39 Å². The topological polar surface area (TPSA) is 49.4 Å². The van der Waals surface area contributed by atoms with Crippen LogP contribution in [0.5, 0.6) is 0 Å². The van der Waals surface area contributed by atoms with Gasteiger partial charge in [-0.3, -0.25) is 9.59 Å². The van der Waals surface area contributed by atoms with Crippen LogP contribution in [0.25, 0.3) is 0 Å². The van der Waals surface area contributed by atoms with E-state index in [0.717, 1.165) is 22.0 Å². The van der Waals surface area contributed by atoms with Gasteiger partial charge in [-0.25, -0.2) is 4.39 Å². The summed E-state index contributed by atoms with van der Waals surface area (Å²) < 4.78 is 15.2. The average molecular weight is 511 g/mol. The summed E-state index contributed by atoms with van der Waals surface area (Å²) in [6.07, 6.45) is 1.04. The van der Waals surface area contributed by atoms with Gasteiger partial charge in [-0.2, -0.15) is 0 Å². The number of nitrogens with one attached hydrogen (secondary N) is 1. The van der Waals surface area contributed by atoms with E-state index in [4.69, 9.17) is 0 Å². The molecule has 2 amide bonds. The van der Waals surface area contributed by atoms with Crippen molar-refractivity contribution in [3.63, 3.8) is 0 Å². The Bertz CT molecular complexity index is 1070. The zero-order valence-corrected chi connectivity index (χ0v) is 20.2. The summed E-state index contributed by atoms with van der Waals surface area (Å²) in [6.45, 7) is 2.75. The molecule has 0 spiro atoms. The Morgan fingerprint density at radius 1 is 0.970 bits per heavy atom. The van der Waals surface area contributed by atoms with E-state index in [1.54, 1.807) is 23.1 Å². The standard InChI is InChI=1S/C27H28BrFN2O2/c1-2-15-30-27(33)25(17-20-9-4-3-5-10-20)31(19-21-11-8-13-23(28)16-21)26(32)18-22-12-6-7-14-24(22)29/h3-14,16,25H,2,15,17-19H2,1H3,(H,30,33). The molecule has 0 radical (unpaired) electrons. The lowest BCUT2D eigenvalue weighted by atomic mass is 10.0. The van der Waals surface area contributed by atoms with Gasteiger partial charge in [0.1, 0.15) is 11.9 Å². The van der Waals surface area contributed by atoms with Crippen molar-refractivity contribution in [2.24, 2.45) is 0 Å². The SMILES string of the molecule is CCCNC(=O)C(Cc1ccccc1)N(Cc1cccc(Br)c1)C(=O)Cc1ccccc1F. The number of carbonyl (C=O) groups is 2. The summed E-state index contributed by atoms with van der Waals surface area (Å²) in [6, 6.07) is 22.8. The van der Waals surface area contributed by atoms with E-state index in [2.05, 4.69) is 21.2 Å². The van der Waals surface area contributed by atoms with E-state index in [0.29, 0.717) is 18.5 Å². The van der Waals surface area contributed by atoms with Gasteiger partial charge in [-0.15, -0.1) is 0 Å². The Morgan fingerprint density at radius 3 is 2.36 bits per heavy atom. The van der Waals surface area contributed by atoms with E-state index >= 15 is 0 Å². The molecule has 3 aromatic carbocycles. The molecule has 0 bridgehead atoms. The van der Waals surface area contributed by atoms with Gasteiger partial charge >= 0.3 is 0 Å². The minimum atomic E-state index is -0.725. The van der Waals surface area contributed by atoms with Crippen LogP contribution in [0.2, 0.25) is 0 Å². The highest BCUT2D eigenvalue weighted by atomic mass is 79.9. The van der Waals surface area contributed by atoms with E-state index in [9.17, 15) is 14.0 Å². The normalized spacial score (nSPS) is 11.6. The van der Waals surface area contributed by atoms with Crippen LogP contribution < -0.4 is 5.32 Å². The van der Waals surface area contributed by atoms with E-state index in [1.165, 1.54) is 6.07 Å². The molecule has 6 heteroatoms. The van der Waals surface area contributed by atoms with Crippen molar-refractivity contribution < 1.29 is 14.0 Å². The number of halogens is 2. The molecular weight excluding hydrogens is 483 g/mol. The molecule has 172 valence electrons. The Kier molecular flexibility index (Phi) is 9.19. The van der Waals surface area contributed by atoms with Gasteiger partial charge in [0, 0.05) is 24.0 Å². The first-order valence-corrected chi connectivity index (χ1v) is 11.9. The molecule has 0 heterocycles. The fourth-order valence-corrected chi connectivity index (χ4v) is 4.10. The maximum Gasteiger partial charge on any atom is 0.243 e. The van der Waals surface area contributed by atoms with Gasteiger partial charge in [0.2, 0.25) is 11.8 Å². The second-order valence-electron chi connectivity index (χ2n) is 7.92. The highest BCUT2D eigenvalue weighted by Crippen LogP contribution is 2.19. The van der Waals surface area contributed by atoms with Crippen molar-refractivity contribution in [1.29, 1.82) is 0 Å². The number of carbonyl (C=O) groups excluding carboxylic acids is 2. The number of rotatable bonds is 10. The van der Waals surface area contributed by atoms with Gasteiger partial charge in [-0.1, -0.05) is 83.5 Å². The summed E-state index contributed by atoms with van der Waals surface area (Å²) in [5.74, 6) is -0.937. The van der Waals surface area contributed by atoms with Crippen molar-refractivity contribution in [2.45, 2.75) is 38.8 Å². The van der Waals surface area contributed by atoms with Gasteiger partial charge in [0.05, 0.1) is 6.42 Å². The highest BCUT2D eigenvalue weighted by Gasteiger charge is 2.30. The molecule has 0 saturated heterocycles. The summed E-state index contributed by atoms with van der Waals surface area (Å²) in [4.78, 5) is 28.3. The molecule has 4 nitrogen and oxygen atoms in total. The Hall–Kier alpha value is -2.99. The lowest BCUT2D eigenvalue weighted by molar-refractivity contribution is -0.140. The van der Waals surface area contributed by atoms with E-state index in [1.807, 2.05) is 61.5 Å². The van der Waals surface area contributed by atoms with E-state index in [-0.39, 0.29) is 24.8 Å². The summed E-state index contributed by atoms with van der Waals surface area (Å²) in [7, 11) is 0. The smallest absolute Gasteiger partial charge is 0.243 e. The first kappa shape index (κ1) is 24.6. The molecule has 0 saturated carbocycles. The van der Waals surface area contributed by atoms with Gasteiger partial charge in [-0.05, 0) is 41.3 Å². The quantitative estimate of drug-likeness (QED) is 0.402. The maximum absolute atomic E-state index is 14.3. The molecule has 0 aliphatic carbocycles. The molecule has 0 aliphatic heterocycles. The van der Waals surface area contributed by atoms with E-state index < -0.39 is 11.9 Å². The van der Waals surface area contributed by atoms with Crippen LogP contribution in [0, 0.1) is 5.82 Å². The third-order valence-electron chi connectivity index (χ3n) is 5.36. The van der Waals surface area contributed by atoms with Crippen molar-refractivity contribution in [2.75, 3.05) is 6.54 Å². The number of hydrogen-bond acceptors (Lipinski definition) is 2. The van der Waals surface area contributed by atoms with Crippen molar-refractivity contribution >= 4 is 27.7 Å². The lowest BCUT2D eigenvalue weighted by Crippen LogP contribution is -2.51. The van der Waals surface area contributed by atoms with Gasteiger partial charge < -0.3 is 10.2 Å². The Labute approximate surface area is 202 Å². The fraction of sp³-hybridized carbons (Fsp3) is 0.259. The third-order valence-corrected chi connectivity index (χ3v) is 5.86. The summed E-state index contributed by atoms with van der Waals surface area (Å²) >= 11 is 3.47. The second kappa shape index (κ2) is 12.3. The first-order valence-electron chi connectivity index (χ1n) is 11.1. The largest absolute Gasteiger partial charge is 0.354 e. The van der Waals surface area contributed by atoms with Crippen LogP contribution in [0.1, 0.15) is 30.0 Å². The molecule has 0 aromatic heterocycles. The van der Waals surface area contributed by atoms with Gasteiger partial charge in [0.25, 0.3) is 0 Å². The van der Waals surface area contributed by atoms with Crippen molar-refractivity contribution in [1.82, 2.24) is 10.2 Å². The van der Waals surface area contributed by atoms with Crippen LogP contribution >= 0.6 is 15.9 Å². The monoisotopic (exact) mass is 510 g/mol. The fourth-order valence-electron chi connectivity index (χ4n) is 3.66. The third kappa shape index (κ3) is 7.26. The maximum atomic E-state index is 14.3. The Balaban J connectivity index is 1.96. The second-order valence-corrected chi connectivity index (χ2v) is 8.83. The minimum Gasteiger partial charge on any atom is -0.354 e. The highest BCUT2D eigenvalue weighted by molar-refractivity contribution is 9.10. The zero-order chi connectivity index (χ0) is 23.6. The molecule has 3 rings (SSSR count). The number of nitrogens with zero attached hydrogens (tertiary/aromatic N) is 1. The predicted molar refractivity (Wildman–Crippen MR) is 132 cm³/mol. The Morgan fingerprint density at radius 2 is 1.67 bits per heavy atom. The molecule has 3 aromatic rings. The molecule has 1 atom stereocenters. The molecule has 1 N–H and O–H groups in total.